The maximum atomic E-state index is 12.3. The highest BCUT2D eigenvalue weighted by Crippen LogP contribution is 2.25. The number of carbonyl (C=O) groups excluding carboxylic acids is 1. The highest BCUT2D eigenvalue weighted by molar-refractivity contribution is 5.88. The van der Waals surface area contributed by atoms with Crippen LogP contribution in [0.4, 0.5) is 0 Å². The third kappa shape index (κ3) is 6.06. The van der Waals surface area contributed by atoms with Gasteiger partial charge in [0, 0.05) is 38.0 Å². The van der Waals surface area contributed by atoms with E-state index in [4.69, 9.17) is 9.47 Å². The minimum Gasteiger partial charge on any atom is -0.493 e. The second-order valence-corrected chi connectivity index (χ2v) is 7.86. The third-order valence-corrected chi connectivity index (χ3v) is 5.65. The highest BCUT2D eigenvalue weighted by atomic mass is 16.5. The Labute approximate surface area is 184 Å². The monoisotopic (exact) mass is 418 g/mol. The Hall–Kier alpha value is -2.89. The maximum Gasteiger partial charge on any atom is 0.220 e. The Morgan fingerprint density at radius 3 is 2.55 bits per heavy atom. The van der Waals surface area contributed by atoms with Crippen molar-refractivity contribution in [3.8, 4) is 5.75 Å². The van der Waals surface area contributed by atoms with Gasteiger partial charge in [-0.25, -0.2) is 0 Å². The van der Waals surface area contributed by atoms with Gasteiger partial charge in [0.25, 0.3) is 0 Å². The van der Waals surface area contributed by atoms with Crippen molar-refractivity contribution < 1.29 is 14.3 Å². The molecule has 1 heterocycles. The quantitative estimate of drug-likeness (QED) is 0.531. The number of ether oxygens (including phenoxy) is 2. The molecule has 1 N–H and O–H groups in total. The van der Waals surface area contributed by atoms with Crippen molar-refractivity contribution in [1.29, 1.82) is 0 Å². The summed E-state index contributed by atoms with van der Waals surface area (Å²) >= 11 is 0. The van der Waals surface area contributed by atoms with Gasteiger partial charge in [0.1, 0.15) is 5.75 Å². The van der Waals surface area contributed by atoms with E-state index in [1.54, 1.807) is 0 Å². The number of morpholine rings is 1. The number of nitrogens with zero attached hydrogens (tertiary/aromatic N) is 1. The molecule has 0 aromatic heterocycles. The summed E-state index contributed by atoms with van der Waals surface area (Å²) in [6, 6.07) is 22.6. The molecule has 1 amide bonds. The zero-order valence-electron chi connectivity index (χ0n) is 17.9. The van der Waals surface area contributed by atoms with Crippen LogP contribution in [0.2, 0.25) is 0 Å². The molecule has 0 bridgehead atoms. The van der Waals surface area contributed by atoms with Crippen molar-refractivity contribution in [2.45, 2.75) is 25.9 Å². The number of hydrogen-bond acceptors (Lipinski definition) is 4. The molecule has 0 radical (unpaired) electrons. The summed E-state index contributed by atoms with van der Waals surface area (Å²) in [6.45, 7) is 5.47. The summed E-state index contributed by atoms with van der Waals surface area (Å²) in [6.07, 6.45) is 1.14. The molecule has 5 heteroatoms. The first kappa shape index (κ1) is 21.3. The zero-order chi connectivity index (χ0) is 21.3. The number of hydrogen-bond donors (Lipinski definition) is 1. The molecule has 0 saturated carbocycles. The molecule has 5 nitrogen and oxygen atoms in total. The van der Waals surface area contributed by atoms with E-state index in [-0.39, 0.29) is 5.91 Å². The van der Waals surface area contributed by atoms with E-state index in [1.165, 1.54) is 11.1 Å². The van der Waals surface area contributed by atoms with Crippen LogP contribution < -0.4 is 10.1 Å². The molecule has 1 aliphatic rings. The summed E-state index contributed by atoms with van der Waals surface area (Å²) in [4.78, 5) is 14.7. The molecule has 0 spiro atoms. The van der Waals surface area contributed by atoms with Crippen molar-refractivity contribution in [2.24, 2.45) is 0 Å². The van der Waals surface area contributed by atoms with Gasteiger partial charge < -0.3 is 14.8 Å². The molecular weight excluding hydrogens is 388 g/mol. The fourth-order valence-corrected chi connectivity index (χ4v) is 3.90. The molecule has 1 saturated heterocycles. The molecule has 4 rings (SSSR count). The average molecular weight is 419 g/mol. The van der Waals surface area contributed by atoms with Crippen LogP contribution in [0.3, 0.4) is 0 Å². The summed E-state index contributed by atoms with van der Waals surface area (Å²) < 4.78 is 11.4. The Kier molecular flexibility index (Phi) is 7.53. The molecular formula is C26H30N2O3. The van der Waals surface area contributed by atoms with Gasteiger partial charge in [0.15, 0.2) is 0 Å². The standard InChI is InChI=1S/C26H30N2O3/c29-26(13-6-16-31-25-12-5-10-21-7-3-4-11-24(21)25)27-19-22-8-1-2-9-23(22)20-28-14-17-30-18-15-28/h1-5,7-12H,6,13-20H2,(H,27,29). The minimum absolute atomic E-state index is 0.0581. The fourth-order valence-electron chi connectivity index (χ4n) is 3.90. The van der Waals surface area contributed by atoms with Crippen LogP contribution >= 0.6 is 0 Å². The lowest BCUT2D eigenvalue weighted by molar-refractivity contribution is -0.121. The Balaban J connectivity index is 1.22. The van der Waals surface area contributed by atoms with E-state index in [0.717, 1.165) is 49.4 Å². The predicted octanol–water partition coefficient (Wildman–Crippen LogP) is 4.15. The van der Waals surface area contributed by atoms with Gasteiger partial charge in [-0.15, -0.1) is 0 Å². The van der Waals surface area contributed by atoms with Crippen molar-refractivity contribution in [3.05, 3.63) is 77.9 Å². The van der Waals surface area contributed by atoms with E-state index >= 15 is 0 Å². The number of amides is 1. The van der Waals surface area contributed by atoms with Crippen LogP contribution in [0.25, 0.3) is 10.8 Å². The van der Waals surface area contributed by atoms with E-state index in [9.17, 15) is 4.79 Å². The first-order chi connectivity index (χ1) is 15.3. The van der Waals surface area contributed by atoms with Crippen molar-refractivity contribution in [3.63, 3.8) is 0 Å². The van der Waals surface area contributed by atoms with E-state index in [0.29, 0.717) is 26.0 Å². The van der Waals surface area contributed by atoms with E-state index < -0.39 is 0 Å². The lowest BCUT2D eigenvalue weighted by atomic mass is 10.1. The van der Waals surface area contributed by atoms with Crippen molar-refractivity contribution in [1.82, 2.24) is 10.2 Å². The molecule has 162 valence electrons. The Morgan fingerprint density at radius 1 is 0.935 bits per heavy atom. The minimum atomic E-state index is 0.0581. The molecule has 0 aliphatic carbocycles. The molecule has 3 aromatic rings. The second-order valence-electron chi connectivity index (χ2n) is 7.86. The lowest BCUT2D eigenvalue weighted by Crippen LogP contribution is -2.36. The predicted molar refractivity (Wildman–Crippen MR) is 123 cm³/mol. The molecule has 1 aliphatic heterocycles. The van der Waals surface area contributed by atoms with Crippen LogP contribution in [-0.2, 0) is 22.6 Å². The van der Waals surface area contributed by atoms with Crippen LogP contribution in [0.1, 0.15) is 24.0 Å². The molecule has 0 atom stereocenters. The number of nitrogens with one attached hydrogen (secondary N) is 1. The molecule has 0 unspecified atom stereocenters. The average Bonchev–Trinajstić information content (AvgIpc) is 2.82. The number of rotatable bonds is 9. The summed E-state index contributed by atoms with van der Waals surface area (Å²) in [5.41, 5.74) is 2.44. The van der Waals surface area contributed by atoms with Gasteiger partial charge in [-0.2, -0.15) is 0 Å². The van der Waals surface area contributed by atoms with E-state index in [2.05, 4.69) is 46.6 Å². The van der Waals surface area contributed by atoms with Crippen LogP contribution in [-0.4, -0.2) is 43.7 Å². The number of fused-ring (bicyclic) bond motifs is 1. The lowest BCUT2D eigenvalue weighted by Gasteiger charge is -2.27. The molecule has 3 aromatic carbocycles. The topological polar surface area (TPSA) is 50.8 Å². The summed E-state index contributed by atoms with van der Waals surface area (Å²) in [7, 11) is 0. The number of benzene rings is 3. The first-order valence-corrected chi connectivity index (χ1v) is 11.0. The molecule has 31 heavy (non-hydrogen) atoms. The smallest absolute Gasteiger partial charge is 0.220 e. The second kappa shape index (κ2) is 10.9. The highest BCUT2D eigenvalue weighted by Gasteiger charge is 2.13. The largest absolute Gasteiger partial charge is 0.493 e. The van der Waals surface area contributed by atoms with Gasteiger partial charge in [-0.05, 0) is 29.0 Å². The number of carbonyl (C=O) groups is 1. The maximum absolute atomic E-state index is 12.3. The van der Waals surface area contributed by atoms with Crippen LogP contribution in [0.15, 0.2) is 66.7 Å². The zero-order valence-corrected chi connectivity index (χ0v) is 17.9. The fraction of sp³-hybridized carbons (Fsp3) is 0.346. The SMILES string of the molecule is O=C(CCCOc1cccc2ccccc12)NCc1ccccc1CN1CCOCC1. The normalized spacial score (nSPS) is 14.5. The van der Waals surface area contributed by atoms with Gasteiger partial charge in [-0.3, -0.25) is 9.69 Å². The Bertz CT molecular complexity index is 993. The molecule has 1 fully saturated rings. The van der Waals surface area contributed by atoms with Crippen molar-refractivity contribution >= 4 is 16.7 Å². The third-order valence-electron chi connectivity index (χ3n) is 5.65. The van der Waals surface area contributed by atoms with Crippen LogP contribution in [0, 0.1) is 0 Å². The summed E-state index contributed by atoms with van der Waals surface area (Å²) in [5.74, 6) is 0.929. The van der Waals surface area contributed by atoms with Gasteiger partial charge in [0.05, 0.1) is 19.8 Å². The van der Waals surface area contributed by atoms with Gasteiger partial charge >= 0.3 is 0 Å². The summed E-state index contributed by atoms with van der Waals surface area (Å²) in [5, 5.41) is 5.33. The van der Waals surface area contributed by atoms with Crippen molar-refractivity contribution in [2.75, 3.05) is 32.9 Å². The Morgan fingerprint density at radius 2 is 1.68 bits per heavy atom. The van der Waals surface area contributed by atoms with E-state index in [1.807, 2.05) is 30.3 Å². The van der Waals surface area contributed by atoms with Crippen LogP contribution in [0.5, 0.6) is 5.75 Å². The van der Waals surface area contributed by atoms with Gasteiger partial charge in [-0.1, -0.05) is 60.7 Å². The first-order valence-electron chi connectivity index (χ1n) is 11.0. The van der Waals surface area contributed by atoms with Gasteiger partial charge in [0.2, 0.25) is 5.91 Å².